The van der Waals surface area contributed by atoms with Gasteiger partial charge < -0.3 is 10.4 Å². The molecule has 1 aromatic heterocycles. The van der Waals surface area contributed by atoms with Crippen molar-refractivity contribution >= 4 is 11.5 Å². The van der Waals surface area contributed by atoms with Gasteiger partial charge in [0.05, 0.1) is 12.3 Å². The average Bonchev–Trinajstić information content (AvgIpc) is 2.89. The molecule has 2 N–H and O–H groups in total. The van der Waals surface area contributed by atoms with Crippen LogP contribution in [0.15, 0.2) is 35.7 Å². The van der Waals surface area contributed by atoms with E-state index in [-0.39, 0.29) is 12.6 Å². The Morgan fingerprint density at radius 1 is 1.29 bits per heavy atom. The lowest BCUT2D eigenvalue weighted by atomic mass is 10.1. The van der Waals surface area contributed by atoms with Gasteiger partial charge in [-0.25, -0.2) is 0 Å². The molecule has 0 saturated carbocycles. The van der Waals surface area contributed by atoms with Gasteiger partial charge in [-0.1, -0.05) is 34.8 Å². The van der Waals surface area contributed by atoms with Crippen LogP contribution < -0.4 is 5.32 Å². The van der Waals surface area contributed by atoms with Crippen molar-refractivity contribution in [2.24, 2.45) is 0 Å². The number of nitrogens with zero attached hydrogens (tertiary/aromatic N) is 2. The van der Waals surface area contributed by atoms with Crippen LogP contribution in [0.3, 0.4) is 0 Å². The second kappa shape index (κ2) is 6.44. The third-order valence-corrected chi connectivity index (χ3v) is 3.08. The summed E-state index contributed by atoms with van der Waals surface area (Å²) in [6.45, 7) is 0.765. The Hall–Kier alpha value is -1.30. The van der Waals surface area contributed by atoms with Crippen LogP contribution >= 0.6 is 11.5 Å². The maximum Gasteiger partial charge on any atom is 0.0893 e. The molecular formula is C12H15N3OS. The SMILES string of the molecule is OCC(Cc1ccccc1)NCc1csnn1. The molecular weight excluding hydrogens is 234 g/mol. The van der Waals surface area contributed by atoms with E-state index < -0.39 is 0 Å². The van der Waals surface area contributed by atoms with Crippen LogP contribution in [0.4, 0.5) is 0 Å². The summed E-state index contributed by atoms with van der Waals surface area (Å²) in [5.74, 6) is 0. The second-order valence-electron chi connectivity index (χ2n) is 3.85. The van der Waals surface area contributed by atoms with Crippen LogP contribution in [0.5, 0.6) is 0 Å². The molecule has 1 atom stereocenters. The Balaban J connectivity index is 1.85. The van der Waals surface area contributed by atoms with E-state index in [1.165, 1.54) is 17.1 Å². The minimum absolute atomic E-state index is 0.0547. The quantitative estimate of drug-likeness (QED) is 0.808. The van der Waals surface area contributed by atoms with E-state index in [1.807, 2.05) is 23.6 Å². The van der Waals surface area contributed by atoms with Gasteiger partial charge in [0.1, 0.15) is 0 Å². The Bertz CT molecular complexity index is 419. The first kappa shape index (κ1) is 12.2. The number of rotatable bonds is 6. The molecule has 1 aromatic carbocycles. The number of aromatic nitrogens is 2. The average molecular weight is 249 g/mol. The van der Waals surface area contributed by atoms with E-state index >= 15 is 0 Å². The van der Waals surface area contributed by atoms with Crippen LogP contribution in [0.25, 0.3) is 0 Å². The Kier molecular flexibility index (Phi) is 4.61. The van der Waals surface area contributed by atoms with Gasteiger partial charge in [-0.3, -0.25) is 0 Å². The van der Waals surface area contributed by atoms with Gasteiger partial charge in [-0.05, 0) is 23.5 Å². The summed E-state index contributed by atoms with van der Waals surface area (Å²) in [5, 5.41) is 18.5. The van der Waals surface area contributed by atoms with Gasteiger partial charge in [0, 0.05) is 18.0 Å². The van der Waals surface area contributed by atoms with Crippen LogP contribution in [0.1, 0.15) is 11.3 Å². The molecule has 4 nitrogen and oxygen atoms in total. The van der Waals surface area contributed by atoms with Crippen molar-refractivity contribution in [3.63, 3.8) is 0 Å². The van der Waals surface area contributed by atoms with E-state index in [0.29, 0.717) is 6.54 Å². The summed E-state index contributed by atoms with van der Waals surface area (Å²) in [6.07, 6.45) is 0.814. The number of aliphatic hydroxyl groups excluding tert-OH is 1. The minimum atomic E-state index is 0.0547. The molecule has 1 unspecified atom stereocenters. The van der Waals surface area contributed by atoms with Crippen LogP contribution in [0.2, 0.25) is 0 Å². The first-order chi connectivity index (χ1) is 8.38. The third kappa shape index (κ3) is 3.89. The Labute approximate surface area is 104 Å². The molecule has 2 rings (SSSR count). The number of hydrogen-bond donors (Lipinski definition) is 2. The topological polar surface area (TPSA) is 58.0 Å². The lowest BCUT2D eigenvalue weighted by Crippen LogP contribution is -2.34. The lowest BCUT2D eigenvalue weighted by Gasteiger charge is -2.15. The smallest absolute Gasteiger partial charge is 0.0893 e. The summed E-state index contributed by atoms with van der Waals surface area (Å²) < 4.78 is 3.80. The second-order valence-corrected chi connectivity index (χ2v) is 4.46. The molecule has 17 heavy (non-hydrogen) atoms. The van der Waals surface area contributed by atoms with Crippen molar-refractivity contribution in [1.82, 2.24) is 14.9 Å². The van der Waals surface area contributed by atoms with Crippen molar-refractivity contribution in [1.29, 1.82) is 0 Å². The number of benzene rings is 1. The normalized spacial score (nSPS) is 12.5. The standard InChI is InChI=1S/C12H15N3OS/c16-8-11(6-10-4-2-1-3-5-10)13-7-12-9-17-15-14-12/h1-5,9,11,13,16H,6-8H2. The molecule has 0 spiro atoms. The monoisotopic (exact) mass is 249 g/mol. The molecule has 0 radical (unpaired) electrons. The number of aliphatic hydroxyl groups is 1. The van der Waals surface area contributed by atoms with Crippen molar-refractivity contribution in [3.8, 4) is 0 Å². The van der Waals surface area contributed by atoms with Gasteiger partial charge in [0.15, 0.2) is 0 Å². The highest BCUT2D eigenvalue weighted by molar-refractivity contribution is 7.03. The van der Waals surface area contributed by atoms with Crippen LogP contribution in [0, 0.1) is 0 Å². The third-order valence-electron chi connectivity index (χ3n) is 2.52. The first-order valence-electron chi connectivity index (χ1n) is 5.52. The van der Waals surface area contributed by atoms with Crippen LogP contribution in [-0.2, 0) is 13.0 Å². The van der Waals surface area contributed by atoms with Gasteiger partial charge in [-0.2, -0.15) is 0 Å². The Morgan fingerprint density at radius 2 is 2.12 bits per heavy atom. The van der Waals surface area contributed by atoms with Crippen molar-refractivity contribution in [2.45, 2.75) is 19.0 Å². The fourth-order valence-corrected chi connectivity index (χ4v) is 2.06. The van der Waals surface area contributed by atoms with Gasteiger partial charge in [0.25, 0.3) is 0 Å². The van der Waals surface area contributed by atoms with E-state index in [4.69, 9.17) is 0 Å². The van der Waals surface area contributed by atoms with Gasteiger partial charge in [0.2, 0.25) is 0 Å². The molecule has 1 heterocycles. The van der Waals surface area contributed by atoms with E-state index in [2.05, 4.69) is 27.0 Å². The zero-order valence-electron chi connectivity index (χ0n) is 9.41. The molecule has 5 heteroatoms. The number of hydrogen-bond acceptors (Lipinski definition) is 5. The molecule has 2 aromatic rings. The van der Waals surface area contributed by atoms with E-state index in [9.17, 15) is 5.11 Å². The summed E-state index contributed by atoms with van der Waals surface area (Å²) in [6, 6.07) is 10.2. The van der Waals surface area contributed by atoms with Crippen LogP contribution in [-0.4, -0.2) is 27.3 Å². The highest BCUT2D eigenvalue weighted by atomic mass is 32.1. The predicted molar refractivity (Wildman–Crippen MR) is 67.8 cm³/mol. The zero-order chi connectivity index (χ0) is 11.9. The summed E-state index contributed by atoms with van der Waals surface area (Å²) in [7, 11) is 0. The fraction of sp³-hybridized carbons (Fsp3) is 0.333. The molecule has 0 aliphatic rings. The largest absolute Gasteiger partial charge is 0.395 e. The fourth-order valence-electron chi connectivity index (χ4n) is 1.61. The van der Waals surface area contributed by atoms with E-state index in [0.717, 1.165) is 12.1 Å². The summed E-state index contributed by atoms with van der Waals surface area (Å²) in [4.78, 5) is 0. The first-order valence-corrected chi connectivity index (χ1v) is 6.36. The summed E-state index contributed by atoms with van der Waals surface area (Å²) >= 11 is 1.34. The number of nitrogens with one attached hydrogen (secondary N) is 1. The molecule has 0 aliphatic carbocycles. The molecule has 0 fully saturated rings. The molecule has 0 saturated heterocycles. The van der Waals surface area contributed by atoms with Gasteiger partial charge >= 0.3 is 0 Å². The maximum atomic E-state index is 9.32. The van der Waals surface area contributed by atoms with Crippen molar-refractivity contribution in [2.75, 3.05) is 6.61 Å². The zero-order valence-corrected chi connectivity index (χ0v) is 10.2. The highest BCUT2D eigenvalue weighted by Crippen LogP contribution is 2.04. The molecule has 0 aliphatic heterocycles. The van der Waals surface area contributed by atoms with Gasteiger partial charge in [-0.15, -0.1) is 5.10 Å². The van der Waals surface area contributed by atoms with E-state index in [1.54, 1.807) is 0 Å². The van der Waals surface area contributed by atoms with Crippen molar-refractivity contribution < 1.29 is 5.11 Å². The maximum absolute atomic E-state index is 9.32. The highest BCUT2D eigenvalue weighted by Gasteiger charge is 2.08. The predicted octanol–water partition coefficient (Wildman–Crippen LogP) is 1.23. The Morgan fingerprint density at radius 3 is 2.76 bits per heavy atom. The summed E-state index contributed by atoms with van der Waals surface area (Å²) in [5.41, 5.74) is 2.14. The molecule has 90 valence electrons. The molecule has 0 bridgehead atoms. The lowest BCUT2D eigenvalue weighted by molar-refractivity contribution is 0.240. The molecule has 0 amide bonds. The minimum Gasteiger partial charge on any atom is -0.395 e. The van der Waals surface area contributed by atoms with Crippen molar-refractivity contribution in [3.05, 3.63) is 47.0 Å².